The van der Waals surface area contributed by atoms with Gasteiger partial charge in [-0.2, -0.15) is 18.3 Å². The first-order chi connectivity index (χ1) is 22.0. The highest BCUT2D eigenvalue weighted by Gasteiger charge is 2.44. The molecule has 2 aromatic heterocycles. The van der Waals surface area contributed by atoms with Crippen LogP contribution >= 0.6 is 0 Å². The van der Waals surface area contributed by atoms with Crippen molar-refractivity contribution in [2.45, 2.75) is 25.1 Å². The Morgan fingerprint density at radius 1 is 1.02 bits per heavy atom. The lowest BCUT2D eigenvalue weighted by molar-refractivity contribution is -0.137. The van der Waals surface area contributed by atoms with E-state index in [1.807, 2.05) is 49.3 Å². The Labute approximate surface area is 263 Å². The second-order valence-corrected chi connectivity index (χ2v) is 10.9. The summed E-state index contributed by atoms with van der Waals surface area (Å²) >= 11 is 0. The molecule has 0 fully saturated rings. The van der Waals surface area contributed by atoms with Crippen LogP contribution in [0.25, 0.3) is 5.69 Å². The second-order valence-electron chi connectivity index (χ2n) is 10.9. The predicted molar refractivity (Wildman–Crippen MR) is 167 cm³/mol. The van der Waals surface area contributed by atoms with E-state index < -0.39 is 35.5 Å². The molecule has 1 aliphatic rings. The molecule has 0 aliphatic carbocycles. The Hall–Kier alpha value is -5.30. The highest BCUT2D eigenvalue weighted by atomic mass is 19.4. The van der Waals surface area contributed by atoms with Crippen molar-refractivity contribution in [2.24, 2.45) is 0 Å². The number of alkyl halides is 3. The van der Waals surface area contributed by atoms with Gasteiger partial charge in [-0.3, -0.25) is 24.3 Å². The van der Waals surface area contributed by atoms with Gasteiger partial charge in [0.05, 0.1) is 29.3 Å². The number of benzene rings is 2. The van der Waals surface area contributed by atoms with Gasteiger partial charge >= 0.3 is 6.18 Å². The molecule has 3 heterocycles. The van der Waals surface area contributed by atoms with Crippen LogP contribution in [-0.4, -0.2) is 70.6 Å². The van der Waals surface area contributed by atoms with Crippen molar-refractivity contribution < 1.29 is 27.6 Å². The Bertz CT molecular complexity index is 1770. The van der Waals surface area contributed by atoms with Crippen molar-refractivity contribution in [1.82, 2.24) is 25.0 Å². The number of hydrogen-bond acceptors (Lipinski definition) is 6. The van der Waals surface area contributed by atoms with Gasteiger partial charge in [0, 0.05) is 42.4 Å². The lowest BCUT2D eigenvalue weighted by Gasteiger charge is -2.38. The summed E-state index contributed by atoms with van der Waals surface area (Å²) in [6.45, 7) is 2.56. The van der Waals surface area contributed by atoms with E-state index in [1.165, 1.54) is 29.4 Å². The molecular weight excluding hydrogens is 599 g/mol. The predicted octanol–water partition coefficient (Wildman–Crippen LogP) is 4.64. The number of carbonyl (C=O) groups is 3. The summed E-state index contributed by atoms with van der Waals surface area (Å²) in [6, 6.07) is 13.6. The number of pyridine rings is 1. The smallest absolute Gasteiger partial charge is 0.339 e. The Morgan fingerprint density at radius 2 is 1.78 bits per heavy atom. The monoisotopic (exact) mass is 631 g/mol. The third-order valence-electron chi connectivity index (χ3n) is 7.41. The van der Waals surface area contributed by atoms with Gasteiger partial charge in [0.15, 0.2) is 0 Å². The molecule has 2 N–H and O–H groups in total. The average Bonchev–Trinajstić information content (AvgIpc) is 3.46. The molecule has 238 valence electrons. The first-order valence-electron chi connectivity index (χ1n) is 14.5. The molecule has 0 unspecified atom stereocenters. The molecule has 4 aromatic rings. The number of likely N-dealkylation sites (N-methyl/N-ethyl adjacent to an activating group) is 2. The van der Waals surface area contributed by atoms with Crippen LogP contribution in [0.1, 0.15) is 39.9 Å². The van der Waals surface area contributed by atoms with Crippen LogP contribution in [0.15, 0.2) is 91.4 Å². The fraction of sp³-hybridized carbons (Fsp3) is 0.242. The zero-order chi connectivity index (χ0) is 33.0. The third-order valence-corrected chi connectivity index (χ3v) is 7.41. The van der Waals surface area contributed by atoms with Crippen molar-refractivity contribution in [3.8, 4) is 5.69 Å². The number of amides is 3. The van der Waals surface area contributed by atoms with Crippen molar-refractivity contribution in [1.29, 1.82) is 0 Å². The fourth-order valence-electron chi connectivity index (χ4n) is 5.33. The summed E-state index contributed by atoms with van der Waals surface area (Å²) in [6.07, 6.45) is 3.02. The van der Waals surface area contributed by atoms with Crippen molar-refractivity contribution >= 4 is 29.2 Å². The van der Waals surface area contributed by atoms with Gasteiger partial charge < -0.3 is 15.5 Å². The third kappa shape index (κ3) is 6.84. The van der Waals surface area contributed by atoms with Gasteiger partial charge in [-0.15, -0.1) is 0 Å². The molecule has 13 heteroatoms. The molecule has 5 rings (SSSR count). The van der Waals surface area contributed by atoms with Gasteiger partial charge in [-0.1, -0.05) is 30.3 Å². The molecule has 46 heavy (non-hydrogen) atoms. The van der Waals surface area contributed by atoms with Crippen molar-refractivity contribution in [3.63, 3.8) is 0 Å². The molecule has 1 aliphatic heterocycles. The number of carbonyl (C=O) groups excluding carboxylic acids is 3. The Morgan fingerprint density at radius 3 is 2.48 bits per heavy atom. The standard InChI is InChI=1S/C33H32F3N7O3/c1-4-42-31-26(20-38-43(31)25-12-6-5-7-13-25)28(22-17-24(19-37-18-22)39-27(44)14-9-15-41(2)3)29(32(42)46)40-30(45)21-10-8-11-23(16-21)33(34,35)36/h5-14,16-20,28-29H,4,15H2,1-3H3,(H,39,44)(H,40,45)/b14-9+/t28-,29-/m0/s1. The molecule has 0 radical (unpaired) electrons. The summed E-state index contributed by atoms with van der Waals surface area (Å²) in [7, 11) is 3.74. The number of hydrogen-bond donors (Lipinski definition) is 2. The van der Waals surface area contributed by atoms with Gasteiger partial charge in [0.25, 0.3) is 11.8 Å². The molecule has 2 aromatic carbocycles. The second kappa shape index (κ2) is 13.4. The zero-order valence-corrected chi connectivity index (χ0v) is 25.3. The van der Waals surface area contributed by atoms with Crippen molar-refractivity contribution in [3.05, 3.63) is 114 Å². The maximum Gasteiger partial charge on any atom is 0.416 e. The number of para-hydroxylation sites is 1. The number of aromatic nitrogens is 3. The minimum Gasteiger partial charge on any atom is -0.339 e. The molecule has 0 bridgehead atoms. The van der Waals surface area contributed by atoms with Crippen LogP contribution in [-0.2, 0) is 15.8 Å². The first-order valence-corrected chi connectivity index (χ1v) is 14.5. The first kappa shape index (κ1) is 32.1. The highest BCUT2D eigenvalue weighted by molar-refractivity contribution is 6.05. The van der Waals surface area contributed by atoms with E-state index in [4.69, 9.17) is 0 Å². The molecule has 10 nitrogen and oxygen atoms in total. The van der Waals surface area contributed by atoms with E-state index in [0.717, 1.165) is 18.2 Å². The number of rotatable bonds is 9. The largest absolute Gasteiger partial charge is 0.416 e. The zero-order valence-electron chi connectivity index (χ0n) is 25.3. The van der Waals surface area contributed by atoms with Crippen LogP contribution in [0.5, 0.6) is 0 Å². The van der Waals surface area contributed by atoms with E-state index in [0.29, 0.717) is 34.9 Å². The molecule has 3 amide bonds. The summed E-state index contributed by atoms with van der Waals surface area (Å²) < 4.78 is 41.9. The average molecular weight is 632 g/mol. The van der Waals surface area contributed by atoms with Crippen LogP contribution in [0, 0.1) is 0 Å². The van der Waals surface area contributed by atoms with E-state index in [2.05, 4.69) is 20.7 Å². The van der Waals surface area contributed by atoms with Gasteiger partial charge in [0.1, 0.15) is 11.9 Å². The van der Waals surface area contributed by atoms with E-state index in [9.17, 15) is 27.6 Å². The number of halogens is 3. The summed E-state index contributed by atoms with van der Waals surface area (Å²) in [5, 5.41) is 10.1. The molecule has 2 atom stereocenters. The van der Waals surface area contributed by atoms with E-state index >= 15 is 0 Å². The summed E-state index contributed by atoms with van der Waals surface area (Å²) in [4.78, 5) is 47.9. The minimum absolute atomic E-state index is 0.223. The van der Waals surface area contributed by atoms with E-state index in [1.54, 1.807) is 29.9 Å². The molecule has 0 saturated heterocycles. The van der Waals surface area contributed by atoms with Crippen LogP contribution in [0.2, 0.25) is 0 Å². The van der Waals surface area contributed by atoms with E-state index in [-0.39, 0.29) is 18.0 Å². The maximum absolute atomic E-state index is 14.2. The number of nitrogens with zero attached hydrogens (tertiary/aromatic N) is 5. The lowest BCUT2D eigenvalue weighted by atomic mass is 9.83. The molecular formula is C33H32F3N7O3. The van der Waals surface area contributed by atoms with Crippen LogP contribution in [0.4, 0.5) is 24.7 Å². The minimum atomic E-state index is -4.66. The van der Waals surface area contributed by atoms with Crippen LogP contribution in [0.3, 0.4) is 0 Å². The molecule has 0 saturated carbocycles. The highest BCUT2D eigenvalue weighted by Crippen LogP contribution is 2.42. The van der Waals surface area contributed by atoms with Crippen molar-refractivity contribution in [2.75, 3.05) is 37.4 Å². The number of anilines is 2. The molecule has 0 spiro atoms. The van der Waals surface area contributed by atoms with Gasteiger partial charge in [-0.05, 0) is 63.0 Å². The number of nitrogens with one attached hydrogen (secondary N) is 2. The van der Waals surface area contributed by atoms with Crippen LogP contribution < -0.4 is 15.5 Å². The van der Waals surface area contributed by atoms with Gasteiger partial charge in [0.2, 0.25) is 5.91 Å². The Balaban J connectivity index is 1.58. The summed E-state index contributed by atoms with van der Waals surface area (Å²) in [5.41, 5.74) is 0.865. The lowest BCUT2D eigenvalue weighted by Crippen LogP contribution is -2.55. The fourth-order valence-corrected chi connectivity index (χ4v) is 5.33. The Kier molecular flexibility index (Phi) is 9.33. The summed E-state index contributed by atoms with van der Waals surface area (Å²) in [5.74, 6) is -2.10. The normalized spacial score (nSPS) is 16.5. The SMILES string of the molecule is CCN1C(=O)[C@@H](NC(=O)c2cccc(C(F)(F)F)c2)[C@@H](c2cncc(NC(=O)/C=C/CN(C)C)c2)c2cnn(-c3ccccc3)c21. The quantitative estimate of drug-likeness (QED) is 0.261. The topological polar surface area (TPSA) is 112 Å². The maximum atomic E-state index is 14.2. The number of fused-ring (bicyclic) bond motifs is 1. The van der Waals surface area contributed by atoms with Gasteiger partial charge in [-0.25, -0.2) is 4.68 Å².